The SMILES string of the molecule is CO/C=C/C(=O)c1cc2c3c(c(N)cc(NC(C)=O)c3n1)N=C2. The summed E-state index contributed by atoms with van der Waals surface area (Å²) in [5.41, 5.74) is 8.92. The lowest BCUT2D eigenvalue weighted by Crippen LogP contribution is -2.09. The van der Waals surface area contributed by atoms with Gasteiger partial charge >= 0.3 is 0 Å². The van der Waals surface area contributed by atoms with Gasteiger partial charge in [-0.1, -0.05) is 0 Å². The molecule has 0 spiro atoms. The maximum absolute atomic E-state index is 12.1. The zero-order valence-corrected chi connectivity index (χ0v) is 12.6. The molecule has 0 aliphatic carbocycles. The second kappa shape index (κ2) is 5.53. The minimum atomic E-state index is -0.308. The third-order valence-corrected chi connectivity index (χ3v) is 3.37. The van der Waals surface area contributed by atoms with E-state index in [0.717, 1.165) is 10.9 Å². The van der Waals surface area contributed by atoms with Crippen LogP contribution in [-0.2, 0) is 9.53 Å². The Balaban J connectivity index is 2.25. The molecule has 0 saturated carbocycles. The van der Waals surface area contributed by atoms with Crippen molar-refractivity contribution in [2.75, 3.05) is 18.2 Å². The molecule has 2 heterocycles. The Kier molecular flexibility index (Phi) is 3.53. The average Bonchev–Trinajstić information content (AvgIpc) is 2.94. The zero-order chi connectivity index (χ0) is 16.6. The van der Waals surface area contributed by atoms with Crippen LogP contribution in [0.4, 0.5) is 17.1 Å². The van der Waals surface area contributed by atoms with Gasteiger partial charge in [0.15, 0.2) is 0 Å². The Labute approximate surface area is 131 Å². The lowest BCUT2D eigenvalue weighted by atomic mass is 10.0. The number of ether oxygens (including phenoxy) is 1. The molecule has 1 aliphatic rings. The van der Waals surface area contributed by atoms with E-state index in [-0.39, 0.29) is 17.4 Å². The summed E-state index contributed by atoms with van der Waals surface area (Å²) in [5, 5.41) is 3.41. The molecule has 0 saturated heterocycles. The molecular formula is C16H14N4O3. The number of carbonyl (C=O) groups excluding carboxylic acids is 2. The van der Waals surface area contributed by atoms with Crippen LogP contribution in [0, 0.1) is 0 Å². The molecule has 3 N–H and O–H groups in total. The number of ketones is 1. The normalized spacial score (nSPS) is 12.1. The van der Waals surface area contributed by atoms with E-state index < -0.39 is 0 Å². The Morgan fingerprint density at radius 2 is 2.13 bits per heavy atom. The summed E-state index contributed by atoms with van der Waals surface area (Å²) < 4.78 is 4.75. The summed E-state index contributed by atoms with van der Waals surface area (Å²) in [4.78, 5) is 32.2. The fourth-order valence-corrected chi connectivity index (χ4v) is 2.45. The second-order valence-electron chi connectivity index (χ2n) is 5.02. The molecule has 0 atom stereocenters. The summed E-state index contributed by atoms with van der Waals surface area (Å²) in [6.45, 7) is 1.39. The van der Waals surface area contributed by atoms with Crippen molar-refractivity contribution in [2.45, 2.75) is 6.92 Å². The van der Waals surface area contributed by atoms with Gasteiger partial charge in [-0.25, -0.2) is 4.98 Å². The minimum Gasteiger partial charge on any atom is -0.504 e. The number of aromatic nitrogens is 1. The summed E-state index contributed by atoms with van der Waals surface area (Å²) in [5.74, 6) is -0.560. The van der Waals surface area contributed by atoms with Crippen molar-refractivity contribution < 1.29 is 14.3 Å². The lowest BCUT2D eigenvalue weighted by molar-refractivity contribution is -0.114. The second-order valence-corrected chi connectivity index (χ2v) is 5.02. The molecule has 23 heavy (non-hydrogen) atoms. The zero-order valence-electron chi connectivity index (χ0n) is 12.6. The Morgan fingerprint density at radius 1 is 1.35 bits per heavy atom. The van der Waals surface area contributed by atoms with Crippen LogP contribution >= 0.6 is 0 Å². The van der Waals surface area contributed by atoms with Gasteiger partial charge in [-0.2, -0.15) is 0 Å². The number of rotatable bonds is 4. The standard InChI is InChI=1S/C16H14N4O3/c1-8(21)19-12-6-10(17)15-14-9(7-18-15)5-11(20-16(12)14)13(22)3-4-23-2/h3-7H,17H2,1-2H3,(H,19,21)/b4-3+. The van der Waals surface area contributed by atoms with E-state index in [9.17, 15) is 9.59 Å². The van der Waals surface area contributed by atoms with Crippen LogP contribution in [0.5, 0.6) is 0 Å². The predicted octanol–water partition coefficient (Wildman–Crippen LogP) is 2.18. The molecule has 0 bridgehead atoms. The number of nitrogens with one attached hydrogen (secondary N) is 1. The first-order valence-electron chi connectivity index (χ1n) is 6.84. The van der Waals surface area contributed by atoms with Crippen molar-refractivity contribution in [1.29, 1.82) is 0 Å². The number of allylic oxidation sites excluding steroid dienone is 1. The number of methoxy groups -OCH3 is 1. The average molecular weight is 310 g/mol. The Morgan fingerprint density at radius 3 is 2.83 bits per heavy atom. The largest absolute Gasteiger partial charge is 0.504 e. The van der Waals surface area contributed by atoms with Crippen LogP contribution < -0.4 is 11.1 Å². The molecule has 1 aliphatic heterocycles. The molecule has 0 fully saturated rings. The van der Waals surface area contributed by atoms with Gasteiger partial charge in [0, 0.05) is 30.2 Å². The number of benzene rings is 1. The van der Waals surface area contributed by atoms with Crippen LogP contribution in [0.15, 0.2) is 29.5 Å². The summed E-state index contributed by atoms with van der Waals surface area (Å²) in [6.07, 6.45) is 4.19. The van der Waals surface area contributed by atoms with Crippen molar-refractivity contribution in [1.82, 2.24) is 4.98 Å². The van der Waals surface area contributed by atoms with Crippen molar-refractivity contribution in [3.63, 3.8) is 0 Å². The number of pyridine rings is 1. The first kappa shape index (κ1) is 14.7. The van der Waals surface area contributed by atoms with E-state index in [4.69, 9.17) is 10.5 Å². The number of hydrogen-bond acceptors (Lipinski definition) is 6. The van der Waals surface area contributed by atoms with Gasteiger partial charge in [-0.15, -0.1) is 0 Å². The summed E-state index contributed by atoms with van der Waals surface area (Å²) in [7, 11) is 1.45. The van der Waals surface area contributed by atoms with E-state index >= 15 is 0 Å². The molecule has 3 rings (SSSR count). The van der Waals surface area contributed by atoms with E-state index in [2.05, 4.69) is 15.3 Å². The topological polar surface area (TPSA) is 107 Å². The number of aliphatic imine (C=N–C) groups is 1. The van der Waals surface area contributed by atoms with Gasteiger partial charge < -0.3 is 15.8 Å². The molecule has 7 heteroatoms. The maximum Gasteiger partial charge on any atom is 0.221 e. The van der Waals surface area contributed by atoms with Crippen molar-refractivity contribution >= 4 is 45.9 Å². The van der Waals surface area contributed by atoms with Crippen LogP contribution in [0.25, 0.3) is 10.9 Å². The molecule has 116 valence electrons. The van der Waals surface area contributed by atoms with Gasteiger partial charge in [0.05, 0.1) is 36.0 Å². The predicted molar refractivity (Wildman–Crippen MR) is 88.2 cm³/mol. The van der Waals surface area contributed by atoms with Crippen molar-refractivity contribution in [3.05, 3.63) is 35.7 Å². The van der Waals surface area contributed by atoms with Crippen LogP contribution in [0.3, 0.4) is 0 Å². The third-order valence-electron chi connectivity index (χ3n) is 3.37. The van der Waals surface area contributed by atoms with Crippen LogP contribution in [0.2, 0.25) is 0 Å². The van der Waals surface area contributed by atoms with Gasteiger partial charge in [-0.05, 0) is 12.1 Å². The van der Waals surface area contributed by atoms with Gasteiger partial charge in [0.2, 0.25) is 11.7 Å². The van der Waals surface area contributed by atoms with Crippen molar-refractivity contribution in [3.8, 4) is 0 Å². The van der Waals surface area contributed by atoms with Crippen molar-refractivity contribution in [2.24, 2.45) is 4.99 Å². The van der Waals surface area contributed by atoms with E-state index in [1.807, 2.05) is 0 Å². The number of nitrogens with zero attached hydrogens (tertiary/aromatic N) is 2. The van der Waals surface area contributed by atoms with E-state index in [1.165, 1.54) is 26.4 Å². The molecule has 1 aromatic carbocycles. The highest BCUT2D eigenvalue weighted by Gasteiger charge is 2.21. The molecule has 1 aromatic heterocycles. The number of carbonyl (C=O) groups is 2. The highest BCUT2D eigenvalue weighted by Crippen LogP contribution is 2.41. The van der Waals surface area contributed by atoms with Gasteiger partial charge in [0.25, 0.3) is 0 Å². The first-order chi connectivity index (χ1) is 11.0. The fraction of sp³-hybridized carbons (Fsp3) is 0.125. The van der Waals surface area contributed by atoms with E-state index in [1.54, 1.807) is 18.3 Å². The number of amides is 1. The molecule has 0 unspecified atom stereocenters. The van der Waals surface area contributed by atoms with E-state index in [0.29, 0.717) is 22.6 Å². The van der Waals surface area contributed by atoms with Crippen LogP contribution in [-0.4, -0.2) is 30.0 Å². The van der Waals surface area contributed by atoms with Gasteiger partial charge in [0.1, 0.15) is 5.69 Å². The molecule has 1 amide bonds. The lowest BCUT2D eigenvalue weighted by Gasteiger charge is -2.11. The molecular weight excluding hydrogens is 296 g/mol. The number of nitrogen functional groups attached to an aromatic ring is 1. The smallest absolute Gasteiger partial charge is 0.221 e. The maximum atomic E-state index is 12.1. The quantitative estimate of drug-likeness (QED) is 0.332. The monoisotopic (exact) mass is 310 g/mol. The number of hydrogen-bond donors (Lipinski definition) is 2. The van der Waals surface area contributed by atoms with Gasteiger partial charge in [-0.3, -0.25) is 14.6 Å². The molecule has 0 radical (unpaired) electrons. The Bertz CT molecular complexity index is 900. The number of nitrogens with two attached hydrogens (primary N) is 1. The first-order valence-corrected chi connectivity index (χ1v) is 6.84. The Hall–Kier alpha value is -3.22. The fourth-order valence-electron chi connectivity index (χ4n) is 2.45. The number of anilines is 2. The third kappa shape index (κ3) is 2.52. The summed E-state index contributed by atoms with van der Waals surface area (Å²) in [6, 6.07) is 3.24. The highest BCUT2D eigenvalue weighted by atomic mass is 16.5. The van der Waals surface area contributed by atoms with Crippen LogP contribution in [0.1, 0.15) is 23.0 Å². The summed E-state index contributed by atoms with van der Waals surface area (Å²) >= 11 is 0. The molecule has 2 aromatic rings. The minimum absolute atomic E-state index is 0.233. The highest BCUT2D eigenvalue weighted by molar-refractivity contribution is 6.19. The molecule has 7 nitrogen and oxygen atoms in total.